The van der Waals surface area contributed by atoms with Gasteiger partial charge in [-0.25, -0.2) is 4.98 Å². The lowest BCUT2D eigenvalue weighted by Crippen LogP contribution is -2.39. The lowest BCUT2D eigenvalue weighted by atomic mass is 9.91. The minimum atomic E-state index is 0.341. The van der Waals surface area contributed by atoms with Crippen molar-refractivity contribution in [1.82, 2.24) is 9.97 Å². The number of benzene rings is 1. The minimum absolute atomic E-state index is 0.341. The molecule has 136 valence electrons. The number of hydrogen-bond donors (Lipinski definition) is 0. The molecule has 5 heteroatoms. The van der Waals surface area contributed by atoms with Crippen LogP contribution in [0.5, 0.6) is 0 Å². The van der Waals surface area contributed by atoms with Crippen LogP contribution >= 0.6 is 22.9 Å². The van der Waals surface area contributed by atoms with Crippen LogP contribution in [0.25, 0.3) is 21.3 Å². The van der Waals surface area contributed by atoms with Gasteiger partial charge >= 0.3 is 0 Å². The number of nitrogens with zero attached hydrogens (tertiary/aromatic N) is 3. The van der Waals surface area contributed by atoms with Crippen molar-refractivity contribution in [2.24, 2.45) is 11.8 Å². The lowest BCUT2D eigenvalue weighted by molar-refractivity contribution is 0.356. The second kappa shape index (κ2) is 7.16. The van der Waals surface area contributed by atoms with E-state index >= 15 is 0 Å². The van der Waals surface area contributed by atoms with E-state index in [0.717, 1.165) is 35.5 Å². The predicted molar refractivity (Wildman–Crippen MR) is 112 cm³/mol. The molecule has 3 heterocycles. The van der Waals surface area contributed by atoms with Crippen LogP contribution in [-0.4, -0.2) is 23.1 Å². The van der Waals surface area contributed by atoms with E-state index in [9.17, 15) is 0 Å². The highest BCUT2D eigenvalue weighted by Gasteiger charge is 2.26. The highest BCUT2D eigenvalue weighted by molar-refractivity contribution is 7.17. The van der Waals surface area contributed by atoms with Crippen molar-refractivity contribution in [3.8, 4) is 11.1 Å². The third kappa shape index (κ3) is 3.33. The van der Waals surface area contributed by atoms with Crippen LogP contribution in [0.15, 0.2) is 29.6 Å². The Balaban J connectivity index is 1.85. The Morgan fingerprint density at radius 1 is 1.12 bits per heavy atom. The molecule has 2 unspecified atom stereocenters. The number of fused-ring (bicyclic) bond motifs is 1. The molecule has 0 amide bonds. The predicted octanol–water partition coefficient (Wildman–Crippen LogP) is 6.06. The Morgan fingerprint density at radius 2 is 1.81 bits per heavy atom. The summed E-state index contributed by atoms with van der Waals surface area (Å²) in [7, 11) is 0. The fourth-order valence-electron chi connectivity index (χ4n) is 4.10. The van der Waals surface area contributed by atoms with Crippen molar-refractivity contribution in [2.75, 3.05) is 18.0 Å². The Morgan fingerprint density at radius 3 is 2.46 bits per heavy atom. The normalized spacial score (nSPS) is 20.7. The monoisotopic (exact) mass is 385 g/mol. The molecule has 0 spiro atoms. The second-order valence-electron chi connectivity index (χ2n) is 7.55. The summed E-state index contributed by atoms with van der Waals surface area (Å²) >= 11 is 7.92. The number of rotatable bonds is 3. The molecule has 0 saturated carbocycles. The van der Waals surface area contributed by atoms with Gasteiger partial charge in [-0.1, -0.05) is 45.0 Å². The van der Waals surface area contributed by atoms with Gasteiger partial charge in [0.15, 0.2) is 0 Å². The molecule has 3 nitrogen and oxygen atoms in total. The van der Waals surface area contributed by atoms with Crippen molar-refractivity contribution in [2.45, 2.75) is 33.6 Å². The average Bonchev–Trinajstić information content (AvgIpc) is 3.04. The zero-order valence-electron chi connectivity index (χ0n) is 15.5. The number of anilines is 1. The van der Waals surface area contributed by atoms with Crippen LogP contribution in [0.3, 0.4) is 0 Å². The molecular weight excluding hydrogens is 362 g/mol. The van der Waals surface area contributed by atoms with Gasteiger partial charge in [-0.15, -0.1) is 11.3 Å². The molecular formula is C21H24ClN3S. The maximum absolute atomic E-state index is 6.27. The van der Waals surface area contributed by atoms with Crippen LogP contribution in [0, 0.1) is 11.8 Å². The summed E-state index contributed by atoms with van der Waals surface area (Å²) < 4.78 is 0. The number of hydrogen-bond acceptors (Lipinski definition) is 4. The standard InChI is InChI=1S/C21H24ClN3S/c1-4-15-5-7-16(8-6-15)17-12-26-20-18(17)19(23-21(22)24-20)25-10-13(2)9-14(3)11-25/h5-8,12-14H,4,9-11H2,1-3H3. The molecule has 26 heavy (non-hydrogen) atoms. The van der Waals surface area contributed by atoms with E-state index < -0.39 is 0 Å². The molecule has 0 aliphatic carbocycles. The van der Waals surface area contributed by atoms with Crippen LogP contribution in [0.1, 0.15) is 32.8 Å². The van der Waals surface area contributed by atoms with E-state index in [2.05, 4.69) is 65.3 Å². The van der Waals surface area contributed by atoms with E-state index in [0.29, 0.717) is 17.1 Å². The summed E-state index contributed by atoms with van der Waals surface area (Å²) in [6.45, 7) is 8.87. The van der Waals surface area contributed by atoms with Gasteiger partial charge in [0.25, 0.3) is 0 Å². The summed E-state index contributed by atoms with van der Waals surface area (Å²) in [5.41, 5.74) is 3.79. The number of thiophene rings is 1. The maximum atomic E-state index is 6.27. The van der Waals surface area contributed by atoms with Crippen molar-refractivity contribution in [3.05, 3.63) is 40.5 Å². The molecule has 1 aliphatic rings. The van der Waals surface area contributed by atoms with Gasteiger partial charge < -0.3 is 4.90 Å². The topological polar surface area (TPSA) is 29.0 Å². The minimum Gasteiger partial charge on any atom is -0.355 e. The first kappa shape index (κ1) is 17.7. The van der Waals surface area contributed by atoms with Gasteiger partial charge in [-0.3, -0.25) is 0 Å². The summed E-state index contributed by atoms with van der Waals surface area (Å²) in [5.74, 6) is 2.32. The first-order valence-electron chi connectivity index (χ1n) is 9.34. The van der Waals surface area contributed by atoms with Crippen LogP contribution in [-0.2, 0) is 6.42 Å². The smallest absolute Gasteiger partial charge is 0.225 e. The third-order valence-electron chi connectivity index (χ3n) is 5.23. The van der Waals surface area contributed by atoms with E-state index in [1.165, 1.54) is 23.1 Å². The van der Waals surface area contributed by atoms with Gasteiger partial charge in [0, 0.05) is 24.0 Å². The fourth-order valence-corrected chi connectivity index (χ4v) is 5.25. The third-order valence-corrected chi connectivity index (χ3v) is 6.27. The highest BCUT2D eigenvalue weighted by atomic mass is 35.5. The number of aromatic nitrogens is 2. The summed E-state index contributed by atoms with van der Waals surface area (Å²) in [6, 6.07) is 8.83. The van der Waals surface area contributed by atoms with Crippen LogP contribution < -0.4 is 4.90 Å². The summed E-state index contributed by atoms with van der Waals surface area (Å²) in [6.07, 6.45) is 2.33. The molecule has 2 aromatic heterocycles. The maximum Gasteiger partial charge on any atom is 0.225 e. The van der Waals surface area contributed by atoms with Crippen molar-refractivity contribution >= 4 is 39.0 Å². The molecule has 2 atom stereocenters. The first-order chi connectivity index (χ1) is 12.5. The second-order valence-corrected chi connectivity index (χ2v) is 8.74. The lowest BCUT2D eigenvalue weighted by Gasteiger charge is -2.36. The van der Waals surface area contributed by atoms with Gasteiger partial charge in [0.2, 0.25) is 5.28 Å². The van der Waals surface area contributed by atoms with Crippen LogP contribution in [0.4, 0.5) is 5.82 Å². The van der Waals surface area contributed by atoms with E-state index in [-0.39, 0.29) is 0 Å². The zero-order chi connectivity index (χ0) is 18.3. The van der Waals surface area contributed by atoms with Gasteiger partial charge in [-0.05, 0) is 47.4 Å². The quantitative estimate of drug-likeness (QED) is 0.513. The molecule has 1 aromatic carbocycles. The van der Waals surface area contributed by atoms with E-state index in [1.807, 2.05) is 0 Å². The van der Waals surface area contributed by atoms with Crippen LogP contribution in [0.2, 0.25) is 5.28 Å². The van der Waals surface area contributed by atoms with E-state index in [4.69, 9.17) is 11.6 Å². The Hall–Kier alpha value is -1.65. The Bertz CT molecular complexity index is 909. The molecule has 1 aliphatic heterocycles. The fraction of sp³-hybridized carbons (Fsp3) is 0.429. The molecule has 4 rings (SSSR count). The van der Waals surface area contributed by atoms with Crippen molar-refractivity contribution in [3.63, 3.8) is 0 Å². The summed E-state index contributed by atoms with van der Waals surface area (Å²) in [5, 5.41) is 3.68. The van der Waals surface area contributed by atoms with Gasteiger partial charge in [0.1, 0.15) is 10.6 Å². The SMILES string of the molecule is CCc1ccc(-c2csc3nc(Cl)nc(N4CC(C)CC(C)C4)c23)cc1. The van der Waals surface area contributed by atoms with Crippen molar-refractivity contribution in [1.29, 1.82) is 0 Å². The molecule has 0 N–H and O–H groups in total. The Labute approximate surface area is 164 Å². The summed E-state index contributed by atoms with van der Waals surface area (Å²) in [4.78, 5) is 12.5. The Kier molecular flexibility index (Phi) is 4.89. The molecule has 0 bridgehead atoms. The number of piperidine rings is 1. The molecule has 3 aromatic rings. The number of halogens is 1. The molecule has 1 saturated heterocycles. The average molecular weight is 386 g/mol. The molecule has 0 radical (unpaired) electrons. The number of aryl methyl sites for hydroxylation is 1. The molecule has 1 fully saturated rings. The largest absolute Gasteiger partial charge is 0.355 e. The zero-order valence-corrected chi connectivity index (χ0v) is 17.1. The van der Waals surface area contributed by atoms with E-state index in [1.54, 1.807) is 11.3 Å². The van der Waals surface area contributed by atoms with Crippen molar-refractivity contribution < 1.29 is 0 Å². The first-order valence-corrected chi connectivity index (χ1v) is 10.6. The van der Waals surface area contributed by atoms with Gasteiger partial charge in [0.05, 0.1) is 5.39 Å². The highest BCUT2D eigenvalue weighted by Crippen LogP contribution is 2.40. The van der Waals surface area contributed by atoms with Gasteiger partial charge in [-0.2, -0.15) is 4.98 Å².